The maximum atomic E-state index is 2.27. The minimum atomic E-state index is 1.14. The molecule has 0 nitrogen and oxygen atoms in total. The maximum Gasteiger partial charge on any atom is -0.0313 e. The predicted molar refractivity (Wildman–Crippen MR) is 64.2 cm³/mol. The molecule has 0 spiro atoms. The quantitative estimate of drug-likeness (QED) is 0.494. The number of hydrogen-bond donors (Lipinski definition) is 0. The molecule has 74 valence electrons. The largest absolute Gasteiger partial charge is 0.0882 e. The lowest BCUT2D eigenvalue weighted by atomic mass is 10.2. The molecule has 0 saturated carbocycles. The topological polar surface area (TPSA) is 0 Å². The summed E-state index contributed by atoms with van der Waals surface area (Å²) in [5, 5.41) is 0. The lowest BCUT2D eigenvalue weighted by Gasteiger charge is -1.88. The van der Waals surface area contributed by atoms with Crippen molar-refractivity contribution in [2.75, 3.05) is 0 Å². The Morgan fingerprint density at radius 1 is 0.357 bits per heavy atom. The lowest BCUT2D eigenvalue weighted by Crippen LogP contribution is -1.68. The average molecular weight is 186 g/mol. The van der Waals surface area contributed by atoms with E-state index >= 15 is 0 Å². The van der Waals surface area contributed by atoms with E-state index in [1.807, 2.05) is 0 Å². The van der Waals surface area contributed by atoms with Crippen LogP contribution in [0.25, 0.3) is 0 Å². The Bertz CT molecular complexity index is 234. The molecule has 0 amide bonds. The van der Waals surface area contributed by atoms with Crippen LogP contribution in [0.1, 0.15) is 25.7 Å². The fourth-order valence-electron chi connectivity index (χ4n) is 1.23. The van der Waals surface area contributed by atoms with Crippen LogP contribution in [0.2, 0.25) is 0 Å². The summed E-state index contributed by atoms with van der Waals surface area (Å²) in [5.41, 5.74) is 0. The van der Waals surface area contributed by atoms with Gasteiger partial charge in [-0.15, -0.1) is 0 Å². The maximum absolute atomic E-state index is 2.27. The van der Waals surface area contributed by atoms with Crippen molar-refractivity contribution < 1.29 is 0 Å². The first-order valence-electron chi connectivity index (χ1n) is 5.30. The van der Waals surface area contributed by atoms with Crippen molar-refractivity contribution in [2.24, 2.45) is 0 Å². The first kappa shape index (κ1) is 10.8. The van der Waals surface area contributed by atoms with Crippen molar-refractivity contribution in [3.05, 3.63) is 60.8 Å². The molecule has 0 fully saturated rings. The molecule has 0 bridgehead atoms. The first-order chi connectivity index (χ1) is 7.00. The molecule has 0 aromatic rings. The molecule has 0 saturated heterocycles. The SMILES string of the molecule is C1=CCCC=CCCC=C/C=C/C=C\1. The fraction of sp³-hybridized carbons (Fsp3) is 0.286. The van der Waals surface area contributed by atoms with Crippen LogP contribution in [0.4, 0.5) is 0 Å². The summed E-state index contributed by atoms with van der Waals surface area (Å²) in [6, 6.07) is 0. The third-order valence-corrected chi connectivity index (χ3v) is 1.99. The summed E-state index contributed by atoms with van der Waals surface area (Å²) in [6.45, 7) is 0. The Kier molecular flexibility index (Phi) is 6.39. The van der Waals surface area contributed by atoms with E-state index in [9.17, 15) is 0 Å². The van der Waals surface area contributed by atoms with E-state index in [0.717, 1.165) is 25.7 Å². The Morgan fingerprint density at radius 3 is 1.21 bits per heavy atom. The molecule has 0 heteroatoms. The molecule has 0 aromatic carbocycles. The number of allylic oxidation sites excluding steroid dienone is 10. The van der Waals surface area contributed by atoms with Gasteiger partial charge in [-0.25, -0.2) is 0 Å². The predicted octanol–water partition coefficient (Wildman–Crippen LogP) is 4.34. The smallest absolute Gasteiger partial charge is 0.0313 e. The Balaban J connectivity index is 2.46. The van der Waals surface area contributed by atoms with Gasteiger partial charge in [-0.3, -0.25) is 0 Å². The van der Waals surface area contributed by atoms with Crippen LogP contribution in [-0.4, -0.2) is 0 Å². The van der Waals surface area contributed by atoms with Gasteiger partial charge in [0.15, 0.2) is 0 Å². The second-order valence-corrected chi connectivity index (χ2v) is 3.25. The van der Waals surface area contributed by atoms with Gasteiger partial charge in [0.1, 0.15) is 0 Å². The molecule has 0 N–H and O–H groups in total. The molecule has 0 aliphatic heterocycles. The van der Waals surface area contributed by atoms with E-state index in [-0.39, 0.29) is 0 Å². The van der Waals surface area contributed by atoms with Crippen molar-refractivity contribution in [1.82, 2.24) is 0 Å². The summed E-state index contributed by atoms with van der Waals surface area (Å²) >= 11 is 0. The monoisotopic (exact) mass is 186 g/mol. The van der Waals surface area contributed by atoms with Gasteiger partial charge < -0.3 is 0 Å². The number of rotatable bonds is 0. The van der Waals surface area contributed by atoms with Gasteiger partial charge >= 0.3 is 0 Å². The van der Waals surface area contributed by atoms with E-state index in [1.165, 1.54) is 0 Å². The molecule has 0 radical (unpaired) electrons. The highest BCUT2D eigenvalue weighted by Gasteiger charge is 1.78. The van der Waals surface area contributed by atoms with Crippen LogP contribution >= 0.6 is 0 Å². The van der Waals surface area contributed by atoms with Gasteiger partial charge in [-0.1, -0.05) is 60.8 Å². The molecule has 1 aliphatic rings. The van der Waals surface area contributed by atoms with E-state index in [0.29, 0.717) is 0 Å². The van der Waals surface area contributed by atoms with Crippen LogP contribution in [0, 0.1) is 0 Å². The van der Waals surface area contributed by atoms with E-state index in [2.05, 4.69) is 60.8 Å². The Hall–Kier alpha value is -1.30. The third-order valence-electron chi connectivity index (χ3n) is 1.99. The lowest BCUT2D eigenvalue weighted by molar-refractivity contribution is 1.00. The summed E-state index contributed by atoms with van der Waals surface area (Å²) in [7, 11) is 0. The minimum absolute atomic E-state index is 1.14. The minimum Gasteiger partial charge on any atom is -0.0882 e. The fourth-order valence-corrected chi connectivity index (χ4v) is 1.23. The van der Waals surface area contributed by atoms with Crippen LogP contribution in [0.5, 0.6) is 0 Å². The van der Waals surface area contributed by atoms with Crippen molar-refractivity contribution in [2.45, 2.75) is 25.7 Å². The van der Waals surface area contributed by atoms with Gasteiger partial charge in [-0.2, -0.15) is 0 Å². The van der Waals surface area contributed by atoms with Crippen molar-refractivity contribution in [3.8, 4) is 0 Å². The zero-order valence-electron chi connectivity index (χ0n) is 8.60. The van der Waals surface area contributed by atoms with Gasteiger partial charge in [0, 0.05) is 0 Å². The zero-order valence-corrected chi connectivity index (χ0v) is 8.60. The Labute approximate surface area is 87.0 Å². The molecule has 1 aliphatic carbocycles. The van der Waals surface area contributed by atoms with Gasteiger partial charge in [-0.05, 0) is 25.7 Å². The van der Waals surface area contributed by atoms with Gasteiger partial charge in [0.05, 0.1) is 0 Å². The molecule has 0 unspecified atom stereocenters. The average Bonchev–Trinajstić information content (AvgIpc) is 2.22. The van der Waals surface area contributed by atoms with Crippen LogP contribution in [0.3, 0.4) is 0 Å². The second kappa shape index (κ2) is 8.31. The van der Waals surface area contributed by atoms with Crippen molar-refractivity contribution in [3.63, 3.8) is 0 Å². The highest BCUT2D eigenvalue weighted by Crippen LogP contribution is 1.98. The van der Waals surface area contributed by atoms with E-state index < -0.39 is 0 Å². The van der Waals surface area contributed by atoms with Crippen molar-refractivity contribution >= 4 is 0 Å². The summed E-state index contributed by atoms with van der Waals surface area (Å²) in [4.78, 5) is 0. The molecule has 0 aromatic heterocycles. The molecular weight excluding hydrogens is 168 g/mol. The van der Waals surface area contributed by atoms with Crippen LogP contribution in [0.15, 0.2) is 60.8 Å². The molecule has 0 heterocycles. The Morgan fingerprint density at radius 2 is 0.714 bits per heavy atom. The second-order valence-electron chi connectivity index (χ2n) is 3.25. The van der Waals surface area contributed by atoms with E-state index in [1.54, 1.807) is 0 Å². The van der Waals surface area contributed by atoms with Crippen molar-refractivity contribution in [1.29, 1.82) is 0 Å². The molecule has 1 rings (SSSR count). The van der Waals surface area contributed by atoms with Gasteiger partial charge in [0.2, 0.25) is 0 Å². The molecule has 0 atom stereocenters. The standard InChI is InChI=1S/C14H18/c1-2-4-6-8-10-12-14-13-11-9-7-5-3-1/h1-8,13-14H,9-12H2/b3-1-,4-2+,7-5?,8-6?,14-13?. The zero-order chi connectivity index (χ0) is 9.90. The highest BCUT2D eigenvalue weighted by atomic mass is 13.8. The summed E-state index contributed by atoms with van der Waals surface area (Å²) in [6.07, 6.45) is 26.0. The number of hydrogen-bond acceptors (Lipinski definition) is 0. The third kappa shape index (κ3) is 6.24. The normalized spacial score (nSPS) is 22.9. The molecule has 14 heavy (non-hydrogen) atoms. The van der Waals surface area contributed by atoms with E-state index in [4.69, 9.17) is 0 Å². The highest BCUT2D eigenvalue weighted by molar-refractivity contribution is 5.15. The summed E-state index contributed by atoms with van der Waals surface area (Å²) in [5.74, 6) is 0. The van der Waals surface area contributed by atoms with Gasteiger partial charge in [0.25, 0.3) is 0 Å². The first-order valence-corrected chi connectivity index (χ1v) is 5.30. The van der Waals surface area contributed by atoms with Crippen LogP contribution in [-0.2, 0) is 0 Å². The molecular formula is C14H18. The summed E-state index contributed by atoms with van der Waals surface area (Å²) < 4.78 is 0. The van der Waals surface area contributed by atoms with Crippen LogP contribution < -0.4 is 0 Å².